The SMILES string of the molecule is CC1CC2C=CCC(C1)C2=O. The number of Topliss-reactive ketones (excluding diaryl/α,β-unsaturated/α-hetero) is 1. The Bertz CT molecular complexity index is 205. The van der Waals surface area contributed by atoms with Crippen molar-refractivity contribution >= 4 is 5.78 Å². The van der Waals surface area contributed by atoms with Gasteiger partial charge in [-0.25, -0.2) is 0 Å². The summed E-state index contributed by atoms with van der Waals surface area (Å²) in [4.78, 5) is 11.5. The minimum atomic E-state index is 0.275. The molecule has 2 rings (SSSR count). The fraction of sp³-hybridized carbons (Fsp3) is 0.700. The Morgan fingerprint density at radius 1 is 1.45 bits per heavy atom. The number of carbonyl (C=O) groups is 1. The van der Waals surface area contributed by atoms with Gasteiger partial charge in [0, 0.05) is 11.8 Å². The number of ketones is 1. The number of hydrogen-bond donors (Lipinski definition) is 0. The molecule has 0 aromatic heterocycles. The highest BCUT2D eigenvalue weighted by Crippen LogP contribution is 2.36. The van der Waals surface area contributed by atoms with E-state index in [-0.39, 0.29) is 5.92 Å². The lowest BCUT2D eigenvalue weighted by atomic mass is 9.71. The van der Waals surface area contributed by atoms with E-state index in [1.165, 1.54) is 0 Å². The fourth-order valence-corrected chi connectivity index (χ4v) is 2.34. The first-order valence-electron chi connectivity index (χ1n) is 4.47. The molecule has 0 spiro atoms. The quantitative estimate of drug-likeness (QED) is 0.484. The van der Waals surface area contributed by atoms with E-state index in [2.05, 4.69) is 19.1 Å². The van der Waals surface area contributed by atoms with Gasteiger partial charge in [-0.3, -0.25) is 4.79 Å². The zero-order valence-corrected chi connectivity index (χ0v) is 6.92. The third-order valence-corrected chi connectivity index (χ3v) is 2.90. The molecule has 3 unspecified atom stereocenters. The van der Waals surface area contributed by atoms with Gasteiger partial charge in [-0.1, -0.05) is 19.1 Å². The highest BCUT2D eigenvalue weighted by atomic mass is 16.1. The number of hydrogen-bond acceptors (Lipinski definition) is 1. The van der Waals surface area contributed by atoms with Crippen LogP contribution in [-0.4, -0.2) is 5.78 Å². The van der Waals surface area contributed by atoms with Crippen molar-refractivity contribution in [2.24, 2.45) is 17.8 Å². The maximum atomic E-state index is 11.5. The van der Waals surface area contributed by atoms with Gasteiger partial charge < -0.3 is 0 Å². The molecule has 3 atom stereocenters. The Morgan fingerprint density at radius 2 is 2.27 bits per heavy atom. The van der Waals surface area contributed by atoms with Gasteiger partial charge in [0.25, 0.3) is 0 Å². The molecule has 11 heavy (non-hydrogen) atoms. The molecule has 2 bridgehead atoms. The molecule has 2 aliphatic rings. The van der Waals surface area contributed by atoms with Crippen molar-refractivity contribution in [2.75, 3.05) is 0 Å². The third kappa shape index (κ3) is 1.13. The fourth-order valence-electron chi connectivity index (χ4n) is 2.34. The van der Waals surface area contributed by atoms with Crippen LogP contribution in [-0.2, 0) is 4.79 Å². The van der Waals surface area contributed by atoms with Gasteiger partial charge in [0.1, 0.15) is 5.78 Å². The van der Waals surface area contributed by atoms with E-state index in [0.717, 1.165) is 25.2 Å². The maximum absolute atomic E-state index is 11.5. The Morgan fingerprint density at radius 3 is 3.00 bits per heavy atom. The minimum Gasteiger partial charge on any atom is -0.299 e. The van der Waals surface area contributed by atoms with Crippen LogP contribution in [0.15, 0.2) is 12.2 Å². The van der Waals surface area contributed by atoms with E-state index in [1.807, 2.05) is 0 Å². The molecule has 1 fully saturated rings. The van der Waals surface area contributed by atoms with Gasteiger partial charge in [0.05, 0.1) is 0 Å². The first-order chi connectivity index (χ1) is 5.27. The van der Waals surface area contributed by atoms with Crippen molar-refractivity contribution in [3.05, 3.63) is 12.2 Å². The van der Waals surface area contributed by atoms with Gasteiger partial charge in [0.2, 0.25) is 0 Å². The van der Waals surface area contributed by atoms with Crippen molar-refractivity contribution in [1.82, 2.24) is 0 Å². The number of rotatable bonds is 0. The first kappa shape index (κ1) is 7.08. The van der Waals surface area contributed by atoms with Crippen LogP contribution in [0.3, 0.4) is 0 Å². The molecule has 0 aliphatic heterocycles. The normalized spacial score (nSPS) is 42.6. The molecule has 2 aliphatic carbocycles. The van der Waals surface area contributed by atoms with Crippen molar-refractivity contribution in [3.8, 4) is 0 Å². The third-order valence-electron chi connectivity index (χ3n) is 2.90. The average Bonchev–Trinajstić information content (AvgIpc) is 1.92. The number of carbonyl (C=O) groups excluding carboxylic acids is 1. The van der Waals surface area contributed by atoms with Gasteiger partial charge in [-0.15, -0.1) is 0 Å². The lowest BCUT2D eigenvalue weighted by Crippen LogP contribution is -2.33. The van der Waals surface area contributed by atoms with Crippen LogP contribution >= 0.6 is 0 Å². The summed E-state index contributed by atoms with van der Waals surface area (Å²) in [5.41, 5.74) is 0. The zero-order chi connectivity index (χ0) is 7.84. The summed E-state index contributed by atoms with van der Waals surface area (Å²) in [6.45, 7) is 2.26. The van der Waals surface area contributed by atoms with Crippen LogP contribution in [0.5, 0.6) is 0 Å². The zero-order valence-electron chi connectivity index (χ0n) is 6.92. The van der Waals surface area contributed by atoms with Crippen LogP contribution in [0.2, 0.25) is 0 Å². The molecule has 1 saturated carbocycles. The van der Waals surface area contributed by atoms with E-state index in [1.54, 1.807) is 0 Å². The predicted molar refractivity (Wildman–Crippen MR) is 44.1 cm³/mol. The summed E-state index contributed by atoms with van der Waals surface area (Å²) in [5, 5.41) is 0. The minimum absolute atomic E-state index is 0.275. The van der Waals surface area contributed by atoms with Crippen LogP contribution in [0.1, 0.15) is 26.2 Å². The molecular weight excluding hydrogens is 136 g/mol. The summed E-state index contributed by atoms with van der Waals surface area (Å²) < 4.78 is 0. The van der Waals surface area contributed by atoms with Gasteiger partial charge in [-0.05, 0) is 25.2 Å². The van der Waals surface area contributed by atoms with Gasteiger partial charge in [-0.2, -0.15) is 0 Å². The lowest BCUT2D eigenvalue weighted by Gasteiger charge is -2.32. The summed E-state index contributed by atoms with van der Waals surface area (Å²) in [6.07, 6.45) is 7.50. The van der Waals surface area contributed by atoms with E-state index in [4.69, 9.17) is 0 Å². The number of fused-ring (bicyclic) bond motifs is 2. The van der Waals surface area contributed by atoms with Gasteiger partial charge >= 0.3 is 0 Å². The van der Waals surface area contributed by atoms with Crippen LogP contribution in [0.25, 0.3) is 0 Å². The first-order valence-corrected chi connectivity index (χ1v) is 4.47. The second kappa shape index (κ2) is 2.47. The maximum Gasteiger partial charge on any atom is 0.143 e. The monoisotopic (exact) mass is 150 g/mol. The van der Waals surface area contributed by atoms with Crippen LogP contribution in [0.4, 0.5) is 0 Å². The van der Waals surface area contributed by atoms with E-state index in [9.17, 15) is 4.79 Å². The predicted octanol–water partition coefficient (Wildman–Crippen LogP) is 2.18. The molecular formula is C10H14O. The average molecular weight is 150 g/mol. The van der Waals surface area contributed by atoms with E-state index < -0.39 is 0 Å². The topological polar surface area (TPSA) is 17.1 Å². The van der Waals surface area contributed by atoms with Crippen molar-refractivity contribution in [1.29, 1.82) is 0 Å². The number of allylic oxidation sites excluding steroid dienone is 2. The second-order valence-electron chi connectivity index (χ2n) is 3.95. The van der Waals surface area contributed by atoms with Crippen molar-refractivity contribution in [3.63, 3.8) is 0 Å². The Hall–Kier alpha value is -0.590. The molecule has 0 aromatic rings. The molecule has 1 heteroatoms. The largest absolute Gasteiger partial charge is 0.299 e. The van der Waals surface area contributed by atoms with E-state index >= 15 is 0 Å². The van der Waals surface area contributed by atoms with E-state index in [0.29, 0.717) is 11.7 Å². The Kier molecular flexibility index (Phi) is 1.59. The highest BCUT2D eigenvalue weighted by molar-refractivity contribution is 5.86. The molecule has 0 saturated heterocycles. The lowest BCUT2D eigenvalue weighted by molar-refractivity contribution is -0.129. The molecule has 0 radical (unpaired) electrons. The highest BCUT2D eigenvalue weighted by Gasteiger charge is 2.34. The van der Waals surface area contributed by atoms with Crippen LogP contribution in [0, 0.1) is 17.8 Å². The summed E-state index contributed by atoms with van der Waals surface area (Å²) in [5.74, 6) is 1.91. The smallest absolute Gasteiger partial charge is 0.143 e. The summed E-state index contributed by atoms with van der Waals surface area (Å²) in [7, 11) is 0. The van der Waals surface area contributed by atoms with Crippen molar-refractivity contribution in [2.45, 2.75) is 26.2 Å². The van der Waals surface area contributed by atoms with Crippen LogP contribution < -0.4 is 0 Å². The Labute approximate surface area is 67.5 Å². The summed E-state index contributed by atoms with van der Waals surface area (Å²) >= 11 is 0. The van der Waals surface area contributed by atoms with Crippen molar-refractivity contribution < 1.29 is 4.79 Å². The van der Waals surface area contributed by atoms with Gasteiger partial charge in [0.15, 0.2) is 0 Å². The molecule has 1 nitrogen and oxygen atoms in total. The standard InChI is InChI=1S/C10H14O/c1-7-5-8-3-2-4-9(6-7)10(8)11/h2-3,7-9H,4-6H2,1H3. The second-order valence-corrected chi connectivity index (χ2v) is 3.95. The molecule has 0 heterocycles. The molecule has 0 N–H and O–H groups in total. The molecule has 60 valence electrons. The summed E-state index contributed by atoms with van der Waals surface area (Å²) in [6, 6.07) is 0. The Balaban J connectivity index is 2.22. The molecule has 0 amide bonds. The molecule has 0 aromatic carbocycles.